The number of nitrogen functional groups attached to an aromatic ring is 1. The van der Waals surface area contributed by atoms with Crippen LogP contribution in [0.15, 0.2) is 0 Å². The zero-order valence-electron chi connectivity index (χ0n) is 8.85. The SMILES string of the molecule is COCC1CCN(Cc2nnc(N)s2)C1. The minimum atomic E-state index is 0.553. The number of ether oxygens (including phenoxy) is 1. The Balaban J connectivity index is 1.82. The number of methoxy groups -OCH3 is 1. The molecule has 0 aromatic carbocycles. The second kappa shape index (κ2) is 4.87. The summed E-state index contributed by atoms with van der Waals surface area (Å²) in [7, 11) is 1.76. The third-order valence-electron chi connectivity index (χ3n) is 2.61. The predicted molar refractivity (Wildman–Crippen MR) is 59.6 cm³/mol. The van der Waals surface area contributed by atoms with Gasteiger partial charge in [0.25, 0.3) is 0 Å². The molecular weight excluding hydrogens is 212 g/mol. The van der Waals surface area contributed by atoms with Crippen molar-refractivity contribution in [2.45, 2.75) is 13.0 Å². The molecule has 1 aliphatic heterocycles. The Labute approximate surface area is 93.2 Å². The Kier molecular flexibility index (Phi) is 3.50. The summed E-state index contributed by atoms with van der Waals surface area (Å²) in [6.45, 7) is 3.94. The number of hydrogen-bond donors (Lipinski definition) is 1. The third kappa shape index (κ3) is 2.87. The van der Waals surface area contributed by atoms with Gasteiger partial charge in [-0.2, -0.15) is 0 Å². The Bertz CT molecular complexity index is 317. The highest BCUT2D eigenvalue weighted by molar-refractivity contribution is 7.15. The topological polar surface area (TPSA) is 64.3 Å². The van der Waals surface area contributed by atoms with Gasteiger partial charge >= 0.3 is 0 Å². The van der Waals surface area contributed by atoms with E-state index in [1.165, 1.54) is 17.8 Å². The Morgan fingerprint density at radius 3 is 3.13 bits per heavy atom. The van der Waals surface area contributed by atoms with Gasteiger partial charge < -0.3 is 10.5 Å². The van der Waals surface area contributed by atoms with E-state index in [9.17, 15) is 0 Å². The van der Waals surface area contributed by atoms with Crippen molar-refractivity contribution in [3.63, 3.8) is 0 Å². The van der Waals surface area contributed by atoms with E-state index in [0.717, 1.165) is 31.2 Å². The molecule has 1 aliphatic rings. The molecule has 0 amide bonds. The molecule has 1 unspecified atom stereocenters. The molecule has 0 aliphatic carbocycles. The number of anilines is 1. The van der Waals surface area contributed by atoms with Crippen molar-refractivity contribution in [1.82, 2.24) is 15.1 Å². The highest BCUT2D eigenvalue weighted by Crippen LogP contribution is 2.20. The molecular formula is C9H16N4OS. The Hall–Kier alpha value is -0.720. The average molecular weight is 228 g/mol. The summed E-state index contributed by atoms with van der Waals surface area (Å²) >= 11 is 1.47. The van der Waals surface area contributed by atoms with Gasteiger partial charge in [0.15, 0.2) is 0 Å². The number of aromatic nitrogens is 2. The Morgan fingerprint density at radius 1 is 1.60 bits per heavy atom. The standard InChI is InChI=1S/C9H16N4OS/c1-14-6-7-2-3-13(4-7)5-8-11-12-9(10)15-8/h7H,2-6H2,1H3,(H2,10,12). The van der Waals surface area contributed by atoms with Crippen molar-refractivity contribution in [1.29, 1.82) is 0 Å². The molecule has 2 heterocycles. The molecule has 0 spiro atoms. The summed E-state index contributed by atoms with van der Waals surface area (Å²) in [5.74, 6) is 0.667. The van der Waals surface area contributed by atoms with Crippen molar-refractivity contribution in [2.75, 3.05) is 32.5 Å². The van der Waals surface area contributed by atoms with Gasteiger partial charge in [0, 0.05) is 13.7 Å². The van der Waals surface area contributed by atoms with Crippen molar-refractivity contribution < 1.29 is 4.74 Å². The number of nitrogens with zero attached hydrogens (tertiary/aromatic N) is 3. The summed E-state index contributed by atoms with van der Waals surface area (Å²) in [5, 5.41) is 9.39. The maximum atomic E-state index is 5.53. The quantitative estimate of drug-likeness (QED) is 0.817. The van der Waals surface area contributed by atoms with Gasteiger partial charge in [-0.05, 0) is 18.9 Å². The summed E-state index contributed by atoms with van der Waals surface area (Å²) in [6, 6.07) is 0. The van der Waals surface area contributed by atoms with Gasteiger partial charge in [-0.15, -0.1) is 10.2 Å². The molecule has 5 nitrogen and oxygen atoms in total. The summed E-state index contributed by atoms with van der Waals surface area (Å²) < 4.78 is 5.16. The molecule has 1 aromatic rings. The monoisotopic (exact) mass is 228 g/mol. The van der Waals surface area contributed by atoms with Crippen LogP contribution in [-0.2, 0) is 11.3 Å². The van der Waals surface area contributed by atoms with E-state index in [2.05, 4.69) is 15.1 Å². The van der Waals surface area contributed by atoms with Crippen LogP contribution < -0.4 is 5.73 Å². The number of likely N-dealkylation sites (tertiary alicyclic amines) is 1. The lowest BCUT2D eigenvalue weighted by molar-refractivity contribution is 0.152. The summed E-state index contributed by atoms with van der Waals surface area (Å²) in [4.78, 5) is 2.38. The van der Waals surface area contributed by atoms with Crippen molar-refractivity contribution in [3.05, 3.63) is 5.01 Å². The van der Waals surface area contributed by atoms with E-state index in [0.29, 0.717) is 11.0 Å². The first-order chi connectivity index (χ1) is 7.28. The first-order valence-corrected chi connectivity index (χ1v) is 5.88. The van der Waals surface area contributed by atoms with Crippen LogP contribution in [0.2, 0.25) is 0 Å². The van der Waals surface area contributed by atoms with Gasteiger partial charge in [0.05, 0.1) is 13.2 Å². The van der Waals surface area contributed by atoms with Gasteiger partial charge in [-0.25, -0.2) is 0 Å². The minimum Gasteiger partial charge on any atom is -0.384 e. The molecule has 2 N–H and O–H groups in total. The zero-order valence-corrected chi connectivity index (χ0v) is 9.66. The second-order valence-electron chi connectivity index (χ2n) is 3.88. The van der Waals surface area contributed by atoms with Gasteiger partial charge in [-0.3, -0.25) is 4.90 Å². The van der Waals surface area contributed by atoms with E-state index >= 15 is 0 Å². The third-order valence-corrected chi connectivity index (χ3v) is 3.35. The van der Waals surface area contributed by atoms with Crippen LogP contribution in [0.1, 0.15) is 11.4 Å². The van der Waals surface area contributed by atoms with Crippen LogP contribution in [0, 0.1) is 5.92 Å². The fraction of sp³-hybridized carbons (Fsp3) is 0.778. The highest BCUT2D eigenvalue weighted by atomic mass is 32.1. The van der Waals surface area contributed by atoms with Crippen LogP contribution in [0.25, 0.3) is 0 Å². The minimum absolute atomic E-state index is 0.553. The summed E-state index contributed by atoms with van der Waals surface area (Å²) in [5.41, 5.74) is 5.53. The number of rotatable bonds is 4. The van der Waals surface area contributed by atoms with Crippen LogP contribution in [0.3, 0.4) is 0 Å². The predicted octanol–water partition coefficient (Wildman–Crippen LogP) is 0.589. The first-order valence-electron chi connectivity index (χ1n) is 5.07. The molecule has 1 atom stereocenters. The lowest BCUT2D eigenvalue weighted by atomic mass is 10.1. The maximum absolute atomic E-state index is 5.53. The van der Waals surface area contributed by atoms with E-state index in [4.69, 9.17) is 10.5 Å². The number of hydrogen-bond acceptors (Lipinski definition) is 6. The van der Waals surface area contributed by atoms with Crippen molar-refractivity contribution >= 4 is 16.5 Å². The van der Waals surface area contributed by atoms with Gasteiger partial charge in [0.2, 0.25) is 5.13 Å². The molecule has 15 heavy (non-hydrogen) atoms. The van der Waals surface area contributed by atoms with Crippen molar-refractivity contribution in [2.24, 2.45) is 5.92 Å². The lowest BCUT2D eigenvalue weighted by Crippen LogP contribution is -2.21. The van der Waals surface area contributed by atoms with E-state index in [1.54, 1.807) is 7.11 Å². The molecule has 84 valence electrons. The van der Waals surface area contributed by atoms with Crippen LogP contribution in [0.4, 0.5) is 5.13 Å². The van der Waals surface area contributed by atoms with Crippen molar-refractivity contribution in [3.8, 4) is 0 Å². The van der Waals surface area contributed by atoms with E-state index in [1.807, 2.05) is 0 Å². The molecule has 0 saturated carbocycles. The Morgan fingerprint density at radius 2 is 2.47 bits per heavy atom. The first kappa shape index (κ1) is 10.8. The van der Waals surface area contributed by atoms with E-state index < -0.39 is 0 Å². The molecule has 1 aromatic heterocycles. The second-order valence-corrected chi connectivity index (χ2v) is 4.97. The molecule has 0 radical (unpaired) electrons. The molecule has 2 rings (SSSR count). The van der Waals surface area contributed by atoms with Crippen LogP contribution in [0.5, 0.6) is 0 Å². The highest BCUT2D eigenvalue weighted by Gasteiger charge is 2.23. The summed E-state index contributed by atoms with van der Waals surface area (Å²) in [6.07, 6.45) is 1.21. The molecule has 6 heteroatoms. The molecule has 1 saturated heterocycles. The zero-order chi connectivity index (χ0) is 10.7. The normalized spacial score (nSPS) is 22.3. The average Bonchev–Trinajstić information content (AvgIpc) is 2.78. The van der Waals surface area contributed by atoms with E-state index in [-0.39, 0.29) is 0 Å². The van der Waals surface area contributed by atoms with Crippen LogP contribution in [-0.4, -0.2) is 41.9 Å². The fourth-order valence-corrected chi connectivity index (χ4v) is 2.60. The molecule has 1 fully saturated rings. The maximum Gasteiger partial charge on any atom is 0.203 e. The fourth-order valence-electron chi connectivity index (χ4n) is 1.95. The molecule has 0 bridgehead atoms. The largest absolute Gasteiger partial charge is 0.384 e. The van der Waals surface area contributed by atoms with Gasteiger partial charge in [-0.1, -0.05) is 11.3 Å². The van der Waals surface area contributed by atoms with Crippen LogP contribution >= 0.6 is 11.3 Å². The smallest absolute Gasteiger partial charge is 0.203 e. The number of nitrogens with two attached hydrogens (primary N) is 1. The van der Waals surface area contributed by atoms with Gasteiger partial charge in [0.1, 0.15) is 5.01 Å². The lowest BCUT2D eigenvalue weighted by Gasteiger charge is -2.13.